The molecule has 0 fully saturated rings. The van der Waals surface area contributed by atoms with Gasteiger partial charge >= 0.3 is 0 Å². The lowest BCUT2D eigenvalue weighted by atomic mass is 10.1. The molecule has 1 atom stereocenters. The van der Waals surface area contributed by atoms with Gasteiger partial charge in [0.25, 0.3) is 0 Å². The molecule has 0 spiro atoms. The summed E-state index contributed by atoms with van der Waals surface area (Å²) in [5, 5.41) is 0. The molecule has 0 heterocycles. The summed E-state index contributed by atoms with van der Waals surface area (Å²) in [5.41, 5.74) is 7.75. The van der Waals surface area contributed by atoms with E-state index in [2.05, 4.69) is 6.07 Å². The molecule has 0 bridgehead atoms. The van der Waals surface area contributed by atoms with Crippen LogP contribution in [0.2, 0.25) is 0 Å². The molecule has 3 nitrogen and oxygen atoms in total. The maximum atomic E-state index is 5.64. The normalized spacial score (nSPS) is 12.2. The average Bonchev–Trinajstić information content (AvgIpc) is 2.28. The number of benzene rings is 1. The van der Waals surface area contributed by atoms with Gasteiger partial charge in [0, 0.05) is 0 Å². The Labute approximate surface area is 108 Å². The molecule has 1 unspecified atom stereocenters. The Balaban J connectivity index is 2.36. The summed E-state index contributed by atoms with van der Waals surface area (Å²) in [6.07, 6.45) is -0.202. The van der Waals surface area contributed by atoms with Crippen LogP contribution in [0.4, 0.5) is 0 Å². The topological polar surface area (TPSA) is 44.5 Å². The fourth-order valence-corrected chi connectivity index (χ4v) is 1.39. The van der Waals surface area contributed by atoms with E-state index in [4.69, 9.17) is 27.4 Å². The van der Waals surface area contributed by atoms with Crippen molar-refractivity contribution in [2.45, 2.75) is 26.9 Å². The van der Waals surface area contributed by atoms with Crippen molar-refractivity contribution in [3.05, 3.63) is 29.3 Å². The Kier molecular flexibility index (Phi) is 5.38. The first-order chi connectivity index (χ1) is 8.00. The van der Waals surface area contributed by atoms with Crippen LogP contribution in [0.25, 0.3) is 0 Å². The van der Waals surface area contributed by atoms with Gasteiger partial charge in [0.15, 0.2) is 0 Å². The molecule has 4 heteroatoms. The molecule has 0 aromatic heterocycles. The molecule has 0 saturated heterocycles. The van der Waals surface area contributed by atoms with Crippen LogP contribution in [0.5, 0.6) is 5.75 Å². The summed E-state index contributed by atoms with van der Waals surface area (Å²) in [6, 6.07) is 6.13. The van der Waals surface area contributed by atoms with Crippen LogP contribution in [0, 0.1) is 13.8 Å². The van der Waals surface area contributed by atoms with E-state index in [-0.39, 0.29) is 6.10 Å². The fourth-order valence-electron chi connectivity index (χ4n) is 1.32. The first kappa shape index (κ1) is 13.9. The number of hydrogen-bond donors (Lipinski definition) is 1. The molecule has 17 heavy (non-hydrogen) atoms. The summed E-state index contributed by atoms with van der Waals surface area (Å²) in [6.45, 7) is 6.87. The predicted octanol–water partition coefficient (Wildman–Crippen LogP) is 2.37. The quantitative estimate of drug-likeness (QED) is 0.624. The van der Waals surface area contributed by atoms with Crippen LogP contribution in [0.3, 0.4) is 0 Å². The smallest absolute Gasteiger partial charge is 0.122 e. The Morgan fingerprint density at radius 3 is 2.71 bits per heavy atom. The predicted molar refractivity (Wildman–Crippen MR) is 73.6 cm³/mol. The fraction of sp³-hybridized carbons (Fsp3) is 0.462. The molecule has 94 valence electrons. The number of hydrogen-bond acceptors (Lipinski definition) is 3. The third-order valence-electron chi connectivity index (χ3n) is 2.45. The second kappa shape index (κ2) is 6.57. The van der Waals surface area contributed by atoms with Crippen molar-refractivity contribution in [3.8, 4) is 5.75 Å². The maximum Gasteiger partial charge on any atom is 0.122 e. The van der Waals surface area contributed by atoms with Crippen molar-refractivity contribution < 1.29 is 9.47 Å². The van der Waals surface area contributed by atoms with E-state index in [1.165, 1.54) is 5.56 Å². The molecule has 0 aliphatic rings. The molecule has 1 rings (SSSR count). The summed E-state index contributed by atoms with van der Waals surface area (Å²) < 4.78 is 11.0. The highest BCUT2D eigenvalue weighted by atomic mass is 32.1. The zero-order valence-electron chi connectivity index (χ0n) is 10.5. The van der Waals surface area contributed by atoms with Crippen LogP contribution >= 0.6 is 12.2 Å². The second-order valence-electron chi connectivity index (χ2n) is 4.03. The number of nitrogens with two attached hydrogens (primary N) is 1. The first-order valence-corrected chi connectivity index (χ1v) is 6.02. The largest absolute Gasteiger partial charge is 0.491 e. The van der Waals surface area contributed by atoms with E-state index in [9.17, 15) is 0 Å². The Bertz CT molecular complexity index is 393. The summed E-state index contributed by atoms with van der Waals surface area (Å²) in [5.74, 6) is 0.900. The highest BCUT2D eigenvalue weighted by molar-refractivity contribution is 7.80. The van der Waals surface area contributed by atoms with Crippen molar-refractivity contribution in [2.24, 2.45) is 5.73 Å². The summed E-state index contributed by atoms with van der Waals surface area (Å²) in [4.78, 5) is 0.372. The van der Waals surface area contributed by atoms with Crippen molar-refractivity contribution >= 4 is 17.2 Å². The van der Waals surface area contributed by atoms with Crippen LogP contribution in [-0.4, -0.2) is 24.3 Å². The molecular weight excluding hydrogens is 234 g/mol. The first-order valence-electron chi connectivity index (χ1n) is 5.61. The SMILES string of the molecule is Cc1ccc(C)c(OCCOC(C)C(N)=S)c1. The van der Waals surface area contributed by atoms with E-state index in [1.807, 2.05) is 32.9 Å². The number of ether oxygens (including phenoxy) is 2. The van der Waals surface area contributed by atoms with E-state index in [1.54, 1.807) is 0 Å². The Morgan fingerprint density at radius 1 is 1.35 bits per heavy atom. The average molecular weight is 253 g/mol. The van der Waals surface area contributed by atoms with E-state index in [0.29, 0.717) is 18.2 Å². The van der Waals surface area contributed by atoms with Gasteiger partial charge in [-0.25, -0.2) is 0 Å². The number of thiocarbonyl (C=S) groups is 1. The van der Waals surface area contributed by atoms with Gasteiger partial charge in [0.1, 0.15) is 23.4 Å². The van der Waals surface area contributed by atoms with Gasteiger partial charge in [-0.05, 0) is 38.0 Å². The van der Waals surface area contributed by atoms with Gasteiger partial charge in [-0.2, -0.15) is 0 Å². The van der Waals surface area contributed by atoms with Crippen LogP contribution < -0.4 is 10.5 Å². The lowest BCUT2D eigenvalue weighted by molar-refractivity contribution is 0.0808. The molecule has 0 saturated carbocycles. The van der Waals surface area contributed by atoms with E-state index < -0.39 is 0 Å². The number of rotatable bonds is 6. The second-order valence-corrected chi connectivity index (χ2v) is 4.50. The molecular formula is C13H19NO2S. The van der Waals surface area contributed by atoms with E-state index >= 15 is 0 Å². The highest BCUT2D eigenvalue weighted by Gasteiger charge is 2.05. The van der Waals surface area contributed by atoms with Crippen molar-refractivity contribution in [3.63, 3.8) is 0 Å². The molecule has 0 aliphatic heterocycles. The summed E-state index contributed by atoms with van der Waals surface area (Å²) in [7, 11) is 0. The van der Waals surface area contributed by atoms with Gasteiger partial charge in [-0.15, -0.1) is 0 Å². The minimum Gasteiger partial charge on any atom is -0.491 e. The minimum atomic E-state index is -0.202. The third-order valence-corrected chi connectivity index (χ3v) is 2.78. The monoisotopic (exact) mass is 253 g/mol. The minimum absolute atomic E-state index is 0.202. The maximum absolute atomic E-state index is 5.64. The lowest BCUT2D eigenvalue weighted by Gasteiger charge is -2.13. The van der Waals surface area contributed by atoms with Crippen molar-refractivity contribution in [2.75, 3.05) is 13.2 Å². The third kappa shape index (κ3) is 4.71. The lowest BCUT2D eigenvalue weighted by Crippen LogP contribution is -2.27. The van der Waals surface area contributed by atoms with Crippen LogP contribution in [0.1, 0.15) is 18.1 Å². The zero-order valence-corrected chi connectivity index (χ0v) is 11.3. The molecule has 0 amide bonds. The van der Waals surface area contributed by atoms with Crippen LogP contribution in [0.15, 0.2) is 18.2 Å². The van der Waals surface area contributed by atoms with Gasteiger partial charge in [0.2, 0.25) is 0 Å². The molecule has 2 N–H and O–H groups in total. The van der Waals surface area contributed by atoms with Crippen molar-refractivity contribution in [1.82, 2.24) is 0 Å². The van der Waals surface area contributed by atoms with Gasteiger partial charge in [0.05, 0.1) is 6.61 Å². The van der Waals surface area contributed by atoms with Crippen LogP contribution in [-0.2, 0) is 4.74 Å². The Morgan fingerprint density at radius 2 is 2.06 bits per heavy atom. The molecule has 0 radical (unpaired) electrons. The summed E-state index contributed by atoms with van der Waals surface area (Å²) >= 11 is 4.81. The molecule has 0 aliphatic carbocycles. The zero-order chi connectivity index (χ0) is 12.8. The number of aryl methyl sites for hydroxylation is 2. The van der Waals surface area contributed by atoms with Gasteiger partial charge < -0.3 is 15.2 Å². The standard InChI is InChI=1S/C13H19NO2S/c1-9-4-5-10(2)12(8-9)16-7-6-15-11(3)13(14)17/h4-5,8,11H,6-7H2,1-3H3,(H2,14,17). The highest BCUT2D eigenvalue weighted by Crippen LogP contribution is 2.18. The molecule has 1 aromatic carbocycles. The van der Waals surface area contributed by atoms with Gasteiger partial charge in [-0.3, -0.25) is 0 Å². The van der Waals surface area contributed by atoms with Crippen molar-refractivity contribution in [1.29, 1.82) is 0 Å². The molecule has 1 aromatic rings. The van der Waals surface area contributed by atoms with E-state index in [0.717, 1.165) is 11.3 Å². The Hall–Kier alpha value is -1.13. The van der Waals surface area contributed by atoms with Gasteiger partial charge in [-0.1, -0.05) is 24.4 Å².